The number of hydrogen-bond donors (Lipinski definition) is 2. The number of carbonyl (C=O) groups excluding carboxylic acids is 1. The first-order valence-electron chi connectivity index (χ1n) is 6.47. The molecule has 1 heterocycles. The van der Waals surface area contributed by atoms with Gasteiger partial charge in [-0.25, -0.2) is 4.98 Å². The third-order valence-electron chi connectivity index (χ3n) is 3.77. The fourth-order valence-corrected chi connectivity index (χ4v) is 2.18. The van der Waals surface area contributed by atoms with Gasteiger partial charge in [-0.3, -0.25) is 4.79 Å². The van der Waals surface area contributed by atoms with Crippen molar-refractivity contribution in [3.8, 4) is 0 Å². The number of oxazole rings is 1. The monoisotopic (exact) mass is 259 g/mol. The maximum absolute atomic E-state index is 12.1. The summed E-state index contributed by atoms with van der Waals surface area (Å²) in [5.74, 6) is 0.517. The molecule has 0 atom stereocenters. The molecule has 0 saturated heterocycles. The minimum atomic E-state index is -0.0873. The number of nitrogens with one attached hydrogen (secondary N) is 1. The average molecular weight is 259 g/mol. The molecule has 1 amide bonds. The van der Waals surface area contributed by atoms with Crippen LogP contribution in [0.1, 0.15) is 29.1 Å². The van der Waals surface area contributed by atoms with Crippen molar-refractivity contribution in [2.45, 2.75) is 19.8 Å². The number of benzene rings is 1. The van der Waals surface area contributed by atoms with Gasteiger partial charge in [-0.05, 0) is 37.6 Å². The fraction of sp³-hybridized carbons (Fsp3) is 0.429. The van der Waals surface area contributed by atoms with Gasteiger partial charge in [-0.2, -0.15) is 0 Å². The lowest BCUT2D eigenvalue weighted by molar-refractivity contribution is 0.0945. The molecule has 1 aromatic heterocycles. The zero-order chi connectivity index (χ0) is 13.5. The Balaban J connectivity index is 1.74. The predicted octanol–water partition coefficient (Wildman–Crippen LogP) is 1.60. The molecule has 0 radical (unpaired) electrons. The van der Waals surface area contributed by atoms with E-state index < -0.39 is 0 Å². The van der Waals surface area contributed by atoms with E-state index in [2.05, 4.69) is 10.3 Å². The van der Waals surface area contributed by atoms with Gasteiger partial charge in [0.05, 0.1) is 0 Å². The lowest BCUT2D eigenvalue weighted by atomic mass is 10.1. The number of aromatic nitrogens is 1. The van der Waals surface area contributed by atoms with Gasteiger partial charge in [0.15, 0.2) is 11.5 Å². The molecule has 2 aromatic rings. The van der Waals surface area contributed by atoms with Crippen LogP contribution in [0.25, 0.3) is 11.1 Å². The molecule has 100 valence electrons. The lowest BCUT2D eigenvalue weighted by Crippen LogP contribution is -2.33. The SMILES string of the molecule is Cc1nc2ccc(C(=O)NCC3(CN)CC3)cc2o1. The molecule has 5 heteroatoms. The summed E-state index contributed by atoms with van der Waals surface area (Å²) in [4.78, 5) is 16.3. The summed E-state index contributed by atoms with van der Waals surface area (Å²) < 4.78 is 5.43. The summed E-state index contributed by atoms with van der Waals surface area (Å²) in [6.07, 6.45) is 2.20. The number of nitrogens with zero attached hydrogens (tertiary/aromatic N) is 1. The molecule has 1 aromatic carbocycles. The van der Waals surface area contributed by atoms with Crippen molar-refractivity contribution in [3.05, 3.63) is 29.7 Å². The van der Waals surface area contributed by atoms with Crippen LogP contribution in [0.4, 0.5) is 0 Å². The first kappa shape index (κ1) is 12.2. The van der Waals surface area contributed by atoms with Crippen molar-refractivity contribution in [3.63, 3.8) is 0 Å². The van der Waals surface area contributed by atoms with E-state index >= 15 is 0 Å². The number of aryl methyl sites for hydroxylation is 1. The van der Waals surface area contributed by atoms with E-state index in [-0.39, 0.29) is 11.3 Å². The van der Waals surface area contributed by atoms with Crippen LogP contribution >= 0.6 is 0 Å². The van der Waals surface area contributed by atoms with Crippen LogP contribution in [0.15, 0.2) is 22.6 Å². The number of amides is 1. The second-order valence-corrected chi connectivity index (χ2v) is 5.30. The van der Waals surface area contributed by atoms with E-state index in [0.29, 0.717) is 30.1 Å². The smallest absolute Gasteiger partial charge is 0.251 e. The largest absolute Gasteiger partial charge is 0.441 e. The van der Waals surface area contributed by atoms with Crippen LogP contribution in [0.2, 0.25) is 0 Å². The second-order valence-electron chi connectivity index (χ2n) is 5.30. The van der Waals surface area contributed by atoms with Gasteiger partial charge in [-0.1, -0.05) is 0 Å². The van der Waals surface area contributed by atoms with Crippen LogP contribution in [-0.2, 0) is 0 Å². The molecule has 1 saturated carbocycles. The molecule has 0 unspecified atom stereocenters. The third kappa shape index (κ3) is 2.33. The molecule has 0 bridgehead atoms. The number of rotatable bonds is 4. The Bertz CT molecular complexity index is 629. The first-order valence-corrected chi connectivity index (χ1v) is 6.47. The van der Waals surface area contributed by atoms with Crippen molar-refractivity contribution in [1.82, 2.24) is 10.3 Å². The molecular weight excluding hydrogens is 242 g/mol. The Labute approximate surface area is 111 Å². The summed E-state index contributed by atoms with van der Waals surface area (Å²) in [6.45, 7) is 3.07. The van der Waals surface area contributed by atoms with E-state index in [1.807, 2.05) is 0 Å². The van der Waals surface area contributed by atoms with E-state index in [4.69, 9.17) is 10.2 Å². The quantitative estimate of drug-likeness (QED) is 0.874. The Morgan fingerprint density at radius 1 is 1.53 bits per heavy atom. The highest BCUT2D eigenvalue weighted by molar-refractivity contribution is 5.97. The number of fused-ring (bicyclic) bond motifs is 1. The predicted molar refractivity (Wildman–Crippen MR) is 71.8 cm³/mol. The number of carbonyl (C=O) groups is 1. The summed E-state index contributed by atoms with van der Waals surface area (Å²) >= 11 is 0. The van der Waals surface area contributed by atoms with Crippen molar-refractivity contribution >= 4 is 17.0 Å². The molecular formula is C14H17N3O2. The summed E-state index contributed by atoms with van der Waals surface area (Å²) in [5.41, 5.74) is 7.85. The lowest BCUT2D eigenvalue weighted by Gasteiger charge is -2.13. The van der Waals surface area contributed by atoms with Crippen molar-refractivity contribution in [1.29, 1.82) is 0 Å². The minimum Gasteiger partial charge on any atom is -0.441 e. The molecule has 1 aliphatic rings. The van der Waals surface area contributed by atoms with E-state index in [0.717, 1.165) is 18.4 Å². The van der Waals surface area contributed by atoms with Crippen LogP contribution in [0.5, 0.6) is 0 Å². The zero-order valence-electron chi connectivity index (χ0n) is 10.9. The fourth-order valence-electron chi connectivity index (χ4n) is 2.18. The average Bonchev–Trinajstić information content (AvgIpc) is 3.10. The molecule has 19 heavy (non-hydrogen) atoms. The topological polar surface area (TPSA) is 81.2 Å². The van der Waals surface area contributed by atoms with Gasteiger partial charge < -0.3 is 15.5 Å². The molecule has 3 rings (SSSR count). The van der Waals surface area contributed by atoms with E-state index in [9.17, 15) is 4.79 Å². The van der Waals surface area contributed by atoms with Gasteiger partial charge in [0.1, 0.15) is 5.52 Å². The Kier molecular flexibility index (Phi) is 2.78. The van der Waals surface area contributed by atoms with Gasteiger partial charge in [0, 0.05) is 24.4 Å². The summed E-state index contributed by atoms with van der Waals surface area (Å²) in [7, 11) is 0. The standard InChI is InChI=1S/C14H17N3O2/c1-9-17-11-3-2-10(6-12(11)19-9)13(18)16-8-14(7-15)4-5-14/h2-3,6H,4-5,7-8,15H2,1H3,(H,16,18). The summed E-state index contributed by atoms with van der Waals surface area (Å²) in [5, 5.41) is 2.94. The van der Waals surface area contributed by atoms with Crippen LogP contribution < -0.4 is 11.1 Å². The molecule has 0 aliphatic heterocycles. The second kappa shape index (κ2) is 4.35. The van der Waals surface area contributed by atoms with Gasteiger partial charge >= 0.3 is 0 Å². The maximum atomic E-state index is 12.1. The van der Waals surface area contributed by atoms with E-state index in [1.165, 1.54) is 0 Å². The molecule has 3 N–H and O–H groups in total. The van der Waals surface area contributed by atoms with Crippen molar-refractivity contribution in [2.24, 2.45) is 11.1 Å². The Morgan fingerprint density at radius 3 is 3.00 bits per heavy atom. The van der Waals surface area contributed by atoms with E-state index in [1.54, 1.807) is 25.1 Å². The third-order valence-corrected chi connectivity index (χ3v) is 3.77. The molecule has 1 fully saturated rings. The van der Waals surface area contributed by atoms with Crippen LogP contribution in [-0.4, -0.2) is 24.0 Å². The van der Waals surface area contributed by atoms with Crippen molar-refractivity contribution in [2.75, 3.05) is 13.1 Å². The normalized spacial score (nSPS) is 16.5. The molecule has 1 aliphatic carbocycles. The van der Waals surface area contributed by atoms with Gasteiger partial charge in [0.25, 0.3) is 5.91 Å². The number of hydrogen-bond acceptors (Lipinski definition) is 4. The highest BCUT2D eigenvalue weighted by Crippen LogP contribution is 2.43. The Hall–Kier alpha value is -1.88. The zero-order valence-corrected chi connectivity index (χ0v) is 10.9. The maximum Gasteiger partial charge on any atom is 0.251 e. The highest BCUT2D eigenvalue weighted by Gasteiger charge is 2.41. The van der Waals surface area contributed by atoms with Crippen LogP contribution in [0.3, 0.4) is 0 Å². The first-order chi connectivity index (χ1) is 9.12. The van der Waals surface area contributed by atoms with Crippen molar-refractivity contribution < 1.29 is 9.21 Å². The molecule has 0 spiro atoms. The minimum absolute atomic E-state index is 0.0873. The van der Waals surface area contributed by atoms with Gasteiger partial charge in [-0.15, -0.1) is 0 Å². The molecule has 5 nitrogen and oxygen atoms in total. The van der Waals surface area contributed by atoms with Crippen LogP contribution in [0, 0.1) is 12.3 Å². The number of nitrogens with two attached hydrogens (primary N) is 1. The van der Waals surface area contributed by atoms with Gasteiger partial charge in [0.2, 0.25) is 0 Å². The highest BCUT2D eigenvalue weighted by atomic mass is 16.3. The Morgan fingerprint density at radius 2 is 2.32 bits per heavy atom. The summed E-state index contributed by atoms with van der Waals surface area (Å²) in [6, 6.07) is 5.30.